The van der Waals surface area contributed by atoms with E-state index in [0.717, 1.165) is 37.3 Å². The molecule has 18 heavy (non-hydrogen) atoms. The molecular formula is C14H23N3O. The molecule has 0 bridgehead atoms. The van der Waals surface area contributed by atoms with Gasteiger partial charge >= 0.3 is 0 Å². The minimum Gasteiger partial charge on any atom is -0.476 e. The molecule has 0 atom stereocenters. The fourth-order valence-corrected chi connectivity index (χ4v) is 1.88. The summed E-state index contributed by atoms with van der Waals surface area (Å²) in [6.45, 7) is 5.54. The second-order valence-electron chi connectivity index (χ2n) is 4.81. The predicted octanol–water partition coefficient (Wildman–Crippen LogP) is 1.66. The predicted molar refractivity (Wildman–Crippen MR) is 72.8 cm³/mol. The van der Waals surface area contributed by atoms with E-state index in [0.29, 0.717) is 6.61 Å². The van der Waals surface area contributed by atoms with Gasteiger partial charge in [0.1, 0.15) is 6.61 Å². The lowest BCUT2D eigenvalue weighted by Gasteiger charge is -2.15. The summed E-state index contributed by atoms with van der Waals surface area (Å²) in [4.78, 5) is 6.83. The van der Waals surface area contributed by atoms with Gasteiger partial charge in [-0.25, -0.2) is 4.98 Å². The number of likely N-dealkylation sites (N-methyl/N-ethyl adjacent to an activating group) is 1. The lowest BCUT2D eigenvalue weighted by Crippen LogP contribution is -2.26. The molecule has 100 valence electrons. The van der Waals surface area contributed by atoms with Crippen molar-refractivity contribution < 1.29 is 4.74 Å². The summed E-state index contributed by atoms with van der Waals surface area (Å²) in [6.07, 6.45) is 2.68. The molecule has 4 heteroatoms. The second-order valence-corrected chi connectivity index (χ2v) is 4.81. The van der Waals surface area contributed by atoms with E-state index < -0.39 is 0 Å². The summed E-state index contributed by atoms with van der Waals surface area (Å²) in [5, 5.41) is 3.26. The van der Waals surface area contributed by atoms with Gasteiger partial charge in [-0.05, 0) is 32.5 Å². The Morgan fingerprint density at radius 2 is 2.28 bits per heavy atom. The van der Waals surface area contributed by atoms with Crippen molar-refractivity contribution in [2.75, 3.05) is 26.7 Å². The van der Waals surface area contributed by atoms with E-state index in [1.807, 2.05) is 18.2 Å². The standard InChI is InChI=1S/C14H23N3O/c1-3-15-11-12-5-4-6-14(16-12)18-10-9-17(2)13-7-8-13/h4-6,13,15H,3,7-11H2,1-2H3. The van der Waals surface area contributed by atoms with Crippen molar-refractivity contribution in [1.29, 1.82) is 0 Å². The van der Waals surface area contributed by atoms with Gasteiger partial charge in [0.05, 0.1) is 5.69 Å². The molecule has 2 rings (SSSR count). The van der Waals surface area contributed by atoms with Crippen LogP contribution >= 0.6 is 0 Å². The van der Waals surface area contributed by atoms with Crippen LogP contribution in [-0.4, -0.2) is 42.7 Å². The smallest absolute Gasteiger partial charge is 0.213 e. The Hall–Kier alpha value is -1.13. The largest absolute Gasteiger partial charge is 0.476 e. The molecule has 1 aromatic rings. The van der Waals surface area contributed by atoms with Gasteiger partial charge in [-0.15, -0.1) is 0 Å². The summed E-state index contributed by atoms with van der Waals surface area (Å²) in [5.74, 6) is 0.731. The van der Waals surface area contributed by atoms with Crippen molar-refractivity contribution in [3.63, 3.8) is 0 Å². The van der Waals surface area contributed by atoms with Crippen molar-refractivity contribution >= 4 is 0 Å². The van der Waals surface area contributed by atoms with Crippen LogP contribution < -0.4 is 10.1 Å². The Balaban J connectivity index is 1.73. The third-order valence-corrected chi connectivity index (χ3v) is 3.20. The van der Waals surface area contributed by atoms with Crippen LogP contribution in [0.2, 0.25) is 0 Å². The zero-order valence-electron chi connectivity index (χ0n) is 11.4. The number of nitrogens with zero attached hydrogens (tertiary/aromatic N) is 2. The summed E-state index contributed by atoms with van der Waals surface area (Å²) < 4.78 is 5.69. The molecule has 1 heterocycles. The Morgan fingerprint density at radius 1 is 1.44 bits per heavy atom. The Bertz CT molecular complexity index is 366. The molecule has 1 saturated carbocycles. The first-order valence-corrected chi connectivity index (χ1v) is 6.79. The Morgan fingerprint density at radius 3 is 3.00 bits per heavy atom. The molecule has 1 aromatic heterocycles. The highest BCUT2D eigenvalue weighted by molar-refractivity contribution is 5.15. The number of hydrogen-bond acceptors (Lipinski definition) is 4. The van der Waals surface area contributed by atoms with E-state index in [1.54, 1.807) is 0 Å². The van der Waals surface area contributed by atoms with Crippen molar-refractivity contribution in [2.24, 2.45) is 0 Å². The average molecular weight is 249 g/mol. The highest BCUT2D eigenvalue weighted by Crippen LogP contribution is 2.24. The molecule has 1 N–H and O–H groups in total. The van der Waals surface area contributed by atoms with Crippen molar-refractivity contribution in [3.05, 3.63) is 23.9 Å². The zero-order valence-corrected chi connectivity index (χ0v) is 11.4. The fraction of sp³-hybridized carbons (Fsp3) is 0.643. The third kappa shape index (κ3) is 4.27. The normalized spacial score (nSPS) is 15.1. The number of hydrogen-bond donors (Lipinski definition) is 1. The van der Waals surface area contributed by atoms with Gasteiger partial charge in [0.2, 0.25) is 5.88 Å². The van der Waals surface area contributed by atoms with Crippen LogP contribution in [0.25, 0.3) is 0 Å². The number of rotatable bonds is 8. The van der Waals surface area contributed by atoms with Crippen LogP contribution in [0, 0.1) is 0 Å². The fourth-order valence-electron chi connectivity index (χ4n) is 1.88. The Kier molecular flexibility index (Phi) is 4.96. The van der Waals surface area contributed by atoms with Gasteiger partial charge in [0.25, 0.3) is 0 Å². The van der Waals surface area contributed by atoms with Crippen LogP contribution in [0.5, 0.6) is 5.88 Å². The molecule has 0 unspecified atom stereocenters. The molecule has 1 aliphatic carbocycles. The van der Waals surface area contributed by atoms with Gasteiger partial charge in [-0.3, -0.25) is 0 Å². The molecule has 0 spiro atoms. The molecule has 0 amide bonds. The average Bonchev–Trinajstić information content (AvgIpc) is 3.21. The highest BCUT2D eigenvalue weighted by atomic mass is 16.5. The van der Waals surface area contributed by atoms with Crippen molar-refractivity contribution in [2.45, 2.75) is 32.4 Å². The lowest BCUT2D eigenvalue weighted by molar-refractivity contribution is 0.226. The molecule has 1 fully saturated rings. The molecule has 1 aliphatic rings. The molecule has 0 saturated heterocycles. The summed E-state index contributed by atoms with van der Waals surface area (Å²) in [7, 11) is 2.16. The van der Waals surface area contributed by atoms with Gasteiger partial charge in [-0.2, -0.15) is 0 Å². The van der Waals surface area contributed by atoms with E-state index in [-0.39, 0.29) is 0 Å². The lowest BCUT2D eigenvalue weighted by atomic mass is 10.3. The van der Waals surface area contributed by atoms with E-state index in [1.165, 1.54) is 12.8 Å². The van der Waals surface area contributed by atoms with Gasteiger partial charge in [-0.1, -0.05) is 13.0 Å². The molecule has 0 aromatic carbocycles. The van der Waals surface area contributed by atoms with Crippen LogP contribution in [-0.2, 0) is 6.54 Å². The SMILES string of the molecule is CCNCc1cccc(OCCN(C)C2CC2)n1. The van der Waals surface area contributed by atoms with Gasteiger partial charge in [0, 0.05) is 25.2 Å². The Labute approximate surface area is 109 Å². The van der Waals surface area contributed by atoms with Crippen LogP contribution in [0.15, 0.2) is 18.2 Å². The number of aromatic nitrogens is 1. The zero-order chi connectivity index (χ0) is 12.8. The minimum absolute atomic E-state index is 0.713. The quantitative estimate of drug-likeness (QED) is 0.760. The van der Waals surface area contributed by atoms with Crippen molar-refractivity contribution in [3.8, 4) is 5.88 Å². The first-order chi connectivity index (χ1) is 8.79. The summed E-state index contributed by atoms with van der Waals surface area (Å²) in [5.41, 5.74) is 1.03. The molecule has 0 aliphatic heterocycles. The van der Waals surface area contributed by atoms with Crippen LogP contribution in [0.4, 0.5) is 0 Å². The molecule has 4 nitrogen and oxygen atoms in total. The van der Waals surface area contributed by atoms with Crippen molar-refractivity contribution in [1.82, 2.24) is 15.2 Å². The van der Waals surface area contributed by atoms with Gasteiger partial charge < -0.3 is 15.0 Å². The maximum atomic E-state index is 5.69. The highest BCUT2D eigenvalue weighted by Gasteiger charge is 2.25. The first-order valence-electron chi connectivity index (χ1n) is 6.79. The summed E-state index contributed by atoms with van der Waals surface area (Å²) >= 11 is 0. The first kappa shape index (κ1) is 13.3. The second kappa shape index (κ2) is 6.71. The maximum Gasteiger partial charge on any atom is 0.213 e. The maximum absolute atomic E-state index is 5.69. The van der Waals surface area contributed by atoms with Crippen LogP contribution in [0.3, 0.4) is 0 Å². The van der Waals surface area contributed by atoms with E-state index in [2.05, 4.69) is 29.2 Å². The number of nitrogens with one attached hydrogen (secondary N) is 1. The molecular weight excluding hydrogens is 226 g/mol. The monoisotopic (exact) mass is 249 g/mol. The summed E-state index contributed by atoms with van der Waals surface area (Å²) in [6, 6.07) is 6.74. The van der Waals surface area contributed by atoms with Gasteiger partial charge in [0.15, 0.2) is 0 Å². The third-order valence-electron chi connectivity index (χ3n) is 3.20. The topological polar surface area (TPSA) is 37.4 Å². The molecule has 0 radical (unpaired) electrons. The van der Waals surface area contributed by atoms with E-state index >= 15 is 0 Å². The van der Waals surface area contributed by atoms with E-state index in [9.17, 15) is 0 Å². The van der Waals surface area contributed by atoms with Crippen LogP contribution in [0.1, 0.15) is 25.5 Å². The minimum atomic E-state index is 0.713. The van der Waals surface area contributed by atoms with E-state index in [4.69, 9.17) is 4.74 Å². The number of ether oxygens (including phenoxy) is 1. The number of pyridine rings is 1.